The molecule has 2 N–H and O–H groups in total. The number of carbonyl (C=O) groups is 3. The second-order valence-corrected chi connectivity index (χ2v) is 5.82. The molecule has 0 bridgehead atoms. The molecule has 2 aliphatic heterocycles. The Morgan fingerprint density at radius 1 is 1.39 bits per heavy atom. The number of nitrogens with one attached hydrogen (secondary N) is 1. The molecule has 1 aromatic carbocycles. The fraction of sp³-hybridized carbons (Fsp3) is 0.438. The van der Waals surface area contributed by atoms with Crippen molar-refractivity contribution in [2.45, 2.75) is 25.5 Å². The molecule has 2 aliphatic rings. The molecular weight excluding hydrogens is 300 g/mol. The Labute approximate surface area is 133 Å². The van der Waals surface area contributed by atoms with E-state index >= 15 is 0 Å². The fourth-order valence-electron chi connectivity index (χ4n) is 2.96. The highest BCUT2D eigenvalue weighted by Crippen LogP contribution is 2.24. The number of ether oxygens (including phenoxy) is 1. The van der Waals surface area contributed by atoms with E-state index in [1.807, 2.05) is 0 Å². The Hall–Kier alpha value is -2.41. The second kappa shape index (κ2) is 6.00. The van der Waals surface area contributed by atoms with Crippen molar-refractivity contribution in [3.63, 3.8) is 0 Å². The number of cyclic esters (lactones) is 1. The Morgan fingerprint density at radius 2 is 2.09 bits per heavy atom. The number of β-lactam (4-membered cyclic amide) rings is 1. The summed E-state index contributed by atoms with van der Waals surface area (Å²) >= 11 is 0. The predicted octanol–water partition coefficient (Wildman–Crippen LogP) is 0.711. The molecule has 0 aliphatic carbocycles. The number of hydrogen-bond acceptors (Lipinski definition) is 5. The van der Waals surface area contributed by atoms with Crippen molar-refractivity contribution in [1.82, 2.24) is 5.32 Å². The number of aliphatic hydroxyl groups excluding tert-OH is 1. The normalized spacial score (nSPS) is 24.7. The largest absolute Gasteiger partial charge is 0.447 e. The van der Waals surface area contributed by atoms with Crippen molar-refractivity contribution >= 4 is 23.5 Å². The van der Waals surface area contributed by atoms with Gasteiger partial charge in [-0.1, -0.05) is 0 Å². The lowest BCUT2D eigenvalue weighted by atomic mass is 9.82. The summed E-state index contributed by atoms with van der Waals surface area (Å²) in [5, 5.41) is 12.2. The maximum Gasteiger partial charge on any atom is 0.414 e. The summed E-state index contributed by atoms with van der Waals surface area (Å²) in [4.78, 5) is 36.7. The van der Waals surface area contributed by atoms with Gasteiger partial charge in [-0.2, -0.15) is 0 Å². The molecule has 0 aromatic heterocycles. The van der Waals surface area contributed by atoms with Gasteiger partial charge >= 0.3 is 6.09 Å². The first-order valence-electron chi connectivity index (χ1n) is 7.53. The monoisotopic (exact) mass is 318 g/mol. The molecule has 7 nitrogen and oxygen atoms in total. The molecule has 0 spiro atoms. The number of ketones is 1. The number of amides is 2. The number of Topliss-reactive ketones (excluding diaryl/α,β-unsaturated/α-hetero) is 1. The summed E-state index contributed by atoms with van der Waals surface area (Å²) in [5.41, 5.74) is 1.19. The van der Waals surface area contributed by atoms with Crippen LogP contribution in [-0.2, 0) is 9.53 Å². The van der Waals surface area contributed by atoms with E-state index in [2.05, 4.69) is 5.32 Å². The van der Waals surface area contributed by atoms with Gasteiger partial charge < -0.3 is 15.2 Å². The zero-order valence-electron chi connectivity index (χ0n) is 12.7. The molecule has 122 valence electrons. The molecule has 2 saturated heterocycles. The summed E-state index contributed by atoms with van der Waals surface area (Å²) in [6.45, 7) is 2.41. The maximum absolute atomic E-state index is 12.3. The lowest BCUT2D eigenvalue weighted by Gasteiger charge is -2.38. The van der Waals surface area contributed by atoms with Gasteiger partial charge in [-0.3, -0.25) is 14.5 Å². The van der Waals surface area contributed by atoms with E-state index in [1.165, 1.54) is 4.90 Å². The first-order chi connectivity index (χ1) is 11.0. The van der Waals surface area contributed by atoms with E-state index in [4.69, 9.17) is 4.74 Å². The highest BCUT2D eigenvalue weighted by molar-refractivity contribution is 5.99. The van der Waals surface area contributed by atoms with Gasteiger partial charge in [0.25, 0.3) is 0 Å². The summed E-state index contributed by atoms with van der Waals surface area (Å²) in [6, 6.07) is 6.38. The van der Waals surface area contributed by atoms with Gasteiger partial charge in [0.1, 0.15) is 6.61 Å². The number of hydrogen-bond donors (Lipinski definition) is 2. The SMILES string of the molecule is C[C@@H](O)[C@H]1C(=O)N[C@@H]1CC(=O)c1ccc(N2CCOC2=O)cc1. The van der Waals surface area contributed by atoms with Crippen LogP contribution in [0.25, 0.3) is 0 Å². The van der Waals surface area contributed by atoms with Crippen molar-refractivity contribution in [3.8, 4) is 0 Å². The van der Waals surface area contributed by atoms with Crippen LogP contribution < -0.4 is 10.2 Å². The van der Waals surface area contributed by atoms with E-state index < -0.39 is 12.0 Å². The van der Waals surface area contributed by atoms with E-state index in [9.17, 15) is 19.5 Å². The second-order valence-electron chi connectivity index (χ2n) is 5.82. The lowest BCUT2D eigenvalue weighted by molar-refractivity contribution is -0.140. The maximum atomic E-state index is 12.3. The average Bonchev–Trinajstić information content (AvgIpc) is 2.92. The van der Waals surface area contributed by atoms with Crippen LogP contribution in [-0.4, -0.2) is 48.2 Å². The first-order valence-corrected chi connectivity index (χ1v) is 7.53. The molecule has 23 heavy (non-hydrogen) atoms. The third-order valence-electron chi connectivity index (χ3n) is 4.25. The number of aliphatic hydroxyl groups is 1. The van der Waals surface area contributed by atoms with Crippen molar-refractivity contribution in [2.75, 3.05) is 18.1 Å². The third-order valence-corrected chi connectivity index (χ3v) is 4.25. The first kappa shape index (κ1) is 15.5. The third kappa shape index (κ3) is 2.92. The van der Waals surface area contributed by atoms with Crippen LogP contribution in [0.3, 0.4) is 0 Å². The quantitative estimate of drug-likeness (QED) is 0.616. The lowest BCUT2D eigenvalue weighted by Crippen LogP contribution is -2.62. The molecule has 2 heterocycles. The van der Waals surface area contributed by atoms with Gasteiger partial charge in [0.15, 0.2) is 5.78 Å². The van der Waals surface area contributed by atoms with E-state index in [-0.39, 0.29) is 30.2 Å². The standard InChI is InChI=1S/C16H18N2O5/c1-9(19)14-12(17-15(14)21)8-13(20)10-2-4-11(5-3-10)18-6-7-23-16(18)22/h2-5,9,12,14,19H,6-8H2,1H3,(H,17,21)/t9-,12-,14-/m1/s1. The minimum absolute atomic E-state index is 0.115. The van der Waals surface area contributed by atoms with Crippen LogP contribution in [0.2, 0.25) is 0 Å². The van der Waals surface area contributed by atoms with Gasteiger partial charge in [0, 0.05) is 17.7 Å². The van der Waals surface area contributed by atoms with Gasteiger partial charge in [-0.15, -0.1) is 0 Å². The Kier molecular flexibility index (Phi) is 4.04. The zero-order valence-corrected chi connectivity index (χ0v) is 12.7. The summed E-state index contributed by atoms with van der Waals surface area (Å²) in [7, 11) is 0. The van der Waals surface area contributed by atoms with Crippen LogP contribution in [0.1, 0.15) is 23.7 Å². The number of benzene rings is 1. The summed E-state index contributed by atoms with van der Waals surface area (Å²) in [6.07, 6.45) is -1.02. The van der Waals surface area contributed by atoms with Crippen LogP contribution in [0.4, 0.5) is 10.5 Å². The van der Waals surface area contributed by atoms with Crippen molar-refractivity contribution in [3.05, 3.63) is 29.8 Å². The molecule has 2 amide bonds. The molecule has 3 rings (SSSR count). The van der Waals surface area contributed by atoms with Gasteiger partial charge in [-0.05, 0) is 31.2 Å². The molecule has 0 unspecified atom stereocenters. The van der Waals surface area contributed by atoms with Gasteiger partial charge in [-0.25, -0.2) is 4.79 Å². The molecular formula is C16H18N2O5. The number of anilines is 1. The molecule has 2 fully saturated rings. The summed E-state index contributed by atoms with van der Waals surface area (Å²) < 4.78 is 4.87. The summed E-state index contributed by atoms with van der Waals surface area (Å²) in [5.74, 6) is -0.866. The van der Waals surface area contributed by atoms with E-state index in [1.54, 1.807) is 31.2 Å². The number of carbonyl (C=O) groups excluding carboxylic acids is 3. The minimum Gasteiger partial charge on any atom is -0.447 e. The Bertz CT molecular complexity index is 640. The zero-order chi connectivity index (χ0) is 16.6. The molecule has 0 saturated carbocycles. The van der Waals surface area contributed by atoms with Crippen LogP contribution in [0.5, 0.6) is 0 Å². The number of rotatable bonds is 5. The fourth-order valence-corrected chi connectivity index (χ4v) is 2.96. The van der Waals surface area contributed by atoms with Crippen LogP contribution in [0.15, 0.2) is 24.3 Å². The van der Waals surface area contributed by atoms with Crippen LogP contribution >= 0.6 is 0 Å². The predicted molar refractivity (Wildman–Crippen MR) is 81.2 cm³/mol. The number of nitrogens with zero attached hydrogens (tertiary/aromatic N) is 1. The Morgan fingerprint density at radius 3 is 2.61 bits per heavy atom. The van der Waals surface area contributed by atoms with Crippen LogP contribution in [0, 0.1) is 5.92 Å². The molecule has 0 radical (unpaired) electrons. The van der Waals surface area contributed by atoms with Gasteiger partial charge in [0.2, 0.25) is 5.91 Å². The molecule has 7 heteroatoms. The highest BCUT2D eigenvalue weighted by Gasteiger charge is 2.43. The van der Waals surface area contributed by atoms with Crippen molar-refractivity contribution in [1.29, 1.82) is 0 Å². The molecule has 3 atom stereocenters. The van der Waals surface area contributed by atoms with E-state index in [0.29, 0.717) is 24.4 Å². The van der Waals surface area contributed by atoms with E-state index in [0.717, 1.165) is 0 Å². The Balaban J connectivity index is 1.64. The average molecular weight is 318 g/mol. The smallest absolute Gasteiger partial charge is 0.414 e. The minimum atomic E-state index is -0.773. The highest BCUT2D eigenvalue weighted by atomic mass is 16.6. The van der Waals surface area contributed by atoms with Crippen molar-refractivity contribution in [2.24, 2.45) is 5.92 Å². The van der Waals surface area contributed by atoms with Crippen molar-refractivity contribution < 1.29 is 24.2 Å². The topological polar surface area (TPSA) is 95.9 Å². The van der Waals surface area contributed by atoms with Gasteiger partial charge in [0.05, 0.1) is 24.6 Å². The molecule has 1 aromatic rings.